The van der Waals surface area contributed by atoms with Crippen LogP contribution in [0.25, 0.3) is 0 Å². The number of epoxide rings is 1. The number of aryl methyl sites for hydroxylation is 1. The molecule has 1 aliphatic carbocycles. The van der Waals surface area contributed by atoms with Gasteiger partial charge in [-0.3, -0.25) is 19.2 Å². The quantitative estimate of drug-likeness (QED) is 0.0376. The van der Waals surface area contributed by atoms with E-state index in [1.165, 1.54) is 35.8 Å². The molecule has 4 aliphatic rings. The number of amides is 4. The van der Waals surface area contributed by atoms with E-state index in [-0.39, 0.29) is 75.7 Å². The summed E-state index contributed by atoms with van der Waals surface area (Å²) in [4.78, 5) is 84.0. The minimum absolute atomic E-state index is 0.0194. The highest BCUT2D eigenvalue weighted by Gasteiger charge is 2.64. The molecule has 0 aromatic heterocycles. The van der Waals surface area contributed by atoms with Gasteiger partial charge in [-0.25, -0.2) is 9.59 Å². The number of fused-ring (bicyclic) bond motifs is 5. The molecule has 1 aromatic rings. The number of aliphatic hydroxyl groups is 1. The van der Waals surface area contributed by atoms with Crippen molar-refractivity contribution < 1.29 is 76.5 Å². The summed E-state index contributed by atoms with van der Waals surface area (Å²) in [6.45, 7) is 12.4. The van der Waals surface area contributed by atoms with Crippen LogP contribution in [0, 0.1) is 12.8 Å². The molecule has 3 aliphatic heterocycles. The Balaban J connectivity index is 1.01. The summed E-state index contributed by atoms with van der Waals surface area (Å²) in [5, 5.41) is 15.1. The van der Waals surface area contributed by atoms with Gasteiger partial charge < -0.3 is 67.8 Å². The third-order valence-corrected chi connectivity index (χ3v) is 15.6. The molecule has 0 spiro atoms. The third kappa shape index (κ3) is 19.9. The number of benzene rings is 1. The van der Waals surface area contributed by atoms with Gasteiger partial charge in [-0.15, -0.1) is 0 Å². The average molecular weight is 1130 g/mol. The molecule has 9 atom stereocenters. The van der Waals surface area contributed by atoms with Crippen molar-refractivity contribution in [3.63, 3.8) is 0 Å². The second-order valence-corrected chi connectivity index (χ2v) is 21.8. The Kier molecular flexibility index (Phi) is 26.2. The highest BCUT2D eigenvalue weighted by atomic mass is 35.5. The number of ether oxygens (including phenoxy) is 9. The summed E-state index contributed by atoms with van der Waals surface area (Å²) in [7, 11) is 6.25. The third-order valence-electron chi connectivity index (χ3n) is 15.1. The molecular formula is C58H87ClN4O16. The molecule has 3 heterocycles. The zero-order chi connectivity index (χ0) is 57.7. The highest BCUT2D eigenvalue weighted by molar-refractivity contribution is 6.34. The normalized spacial score (nSPS) is 27.4. The molecular weight excluding hydrogens is 1040 g/mol. The zero-order valence-corrected chi connectivity index (χ0v) is 48.7. The van der Waals surface area contributed by atoms with E-state index in [2.05, 4.69) is 17.5 Å². The number of nitrogens with one attached hydrogen (secondary N) is 1. The lowest BCUT2D eigenvalue weighted by Gasteiger charge is -2.41. The molecule has 2 saturated heterocycles. The highest BCUT2D eigenvalue weighted by Crippen LogP contribution is 2.50. The first kappa shape index (κ1) is 64.9. The maximum absolute atomic E-state index is 14.3. The van der Waals surface area contributed by atoms with Crippen LogP contribution in [0.4, 0.5) is 10.5 Å². The molecule has 21 heteroatoms. The standard InChI is InChI=1S/C58H87ClN4O16/c1-39-17-15-20-47(71-9)58(70)37-46(77-52(67)38-58)41(3)54-57(5,79-54)48(36-51(66)63(8)45-35-43(33-39)34-40(2)53(45)59)78-55(68)42(4)62(7)50(65)22-16-21-49(64)60-23-25-72-27-29-74-31-32-75-30-28-73-26-24-61(6)56(69)76-44-18-13-11-10-12-14-19-44/h10-11,15,17,20,34-35,41-42,44,46-48,54,70H,12-14,16,18-19,21-33,36-38H2,1-9H3,(H,60,64)/b11-10+,20-15+,39-17+/t41-,42+,44?,46+,47-,48+,54+,57+,58-/m1/s1. The van der Waals surface area contributed by atoms with Gasteiger partial charge in [0, 0.05) is 66.5 Å². The maximum Gasteiger partial charge on any atom is 0.409 e. The SMILES string of the molecule is CO[C@@H]1/C=C/C=C(\C)Cc2cc(C)c(Cl)c(c2)N(C)C(=O)C[C@H](OC(=O)[C@H](C)N(C)C(=O)CCCC(=O)NCCOCCOCCOCCOCCN(C)C(=O)OC2CC/C=C/CCC2)[C@]2(C)O[C@H]2[C@H](C)[C@@H]2C[C@@]1(O)CC(=O)O2. The first-order valence-corrected chi connectivity index (χ1v) is 28.2. The van der Waals surface area contributed by atoms with Crippen molar-refractivity contribution in [2.75, 3.05) is 99.1 Å². The van der Waals surface area contributed by atoms with Crippen LogP contribution in [-0.2, 0) is 73.0 Å². The van der Waals surface area contributed by atoms with Crippen molar-refractivity contribution in [2.45, 2.75) is 159 Å². The Morgan fingerprint density at radius 2 is 1.61 bits per heavy atom. The molecule has 442 valence electrons. The van der Waals surface area contributed by atoms with E-state index < -0.39 is 65.4 Å². The number of rotatable bonds is 24. The summed E-state index contributed by atoms with van der Waals surface area (Å²) in [6, 6.07) is 2.71. The molecule has 1 unspecified atom stereocenters. The number of hydrogen-bond acceptors (Lipinski definition) is 16. The van der Waals surface area contributed by atoms with Crippen LogP contribution in [0.2, 0.25) is 5.02 Å². The van der Waals surface area contributed by atoms with Crippen LogP contribution in [0.5, 0.6) is 0 Å². The first-order chi connectivity index (χ1) is 37.7. The van der Waals surface area contributed by atoms with Crippen LogP contribution >= 0.6 is 11.6 Å². The van der Waals surface area contributed by atoms with Crippen LogP contribution in [0.1, 0.15) is 109 Å². The van der Waals surface area contributed by atoms with Crippen LogP contribution in [-0.4, -0.2) is 193 Å². The van der Waals surface area contributed by atoms with E-state index in [1.807, 2.05) is 39.0 Å². The number of carbonyl (C=O) groups is 6. The molecule has 5 rings (SSSR count). The first-order valence-electron chi connectivity index (χ1n) is 27.8. The van der Waals surface area contributed by atoms with Crippen molar-refractivity contribution in [2.24, 2.45) is 5.92 Å². The number of esters is 2. The second kappa shape index (κ2) is 31.9. The lowest BCUT2D eigenvalue weighted by atomic mass is 9.78. The van der Waals surface area contributed by atoms with Gasteiger partial charge in [0.2, 0.25) is 17.7 Å². The molecule has 79 heavy (non-hydrogen) atoms. The molecule has 0 radical (unpaired) electrons. The summed E-state index contributed by atoms with van der Waals surface area (Å²) in [5.74, 6) is -2.98. The van der Waals surface area contributed by atoms with Gasteiger partial charge in [-0.1, -0.05) is 60.5 Å². The van der Waals surface area contributed by atoms with Crippen LogP contribution in [0.15, 0.2) is 48.1 Å². The van der Waals surface area contributed by atoms with Crippen molar-refractivity contribution in [3.05, 3.63) is 64.2 Å². The number of allylic oxidation sites excluding steroid dienone is 5. The molecule has 1 aromatic carbocycles. The van der Waals surface area contributed by atoms with E-state index in [0.717, 1.165) is 48.8 Å². The number of likely N-dealkylation sites (N-methyl/N-ethyl adjacent to an activating group) is 2. The average Bonchev–Trinajstić information content (AvgIpc) is 4.21. The number of anilines is 1. The number of halogens is 1. The Hall–Kier alpha value is -4.93. The topological polar surface area (TPSA) is 231 Å². The summed E-state index contributed by atoms with van der Waals surface area (Å²) >= 11 is 6.83. The number of hydrogen-bond donors (Lipinski definition) is 2. The van der Waals surface area contributed by atoms with E-state index in [4.69, 9.17) is 54.2 Å². The minimum atomic E-state index is -1.60. The molecule has 4 amide bonds. The van der Waals surface area contributed by atoms with Gasteiger partial charge in [-0.05, 0) is 89.8 Å². The van der Waals surface area contributed by atoms with Crippen molar-refractivity contribution in [1.82, 2.24) is 15.1 Å². The fourth-order valence-electron chi connectivity index (χ4n) is 9.97. The van der Waals surface area contributed by atoms with Gasteiger partial charge >= 0.3 is 18.0 Å². The van der Waals surface area contributed by atoms with Gasteiger partial charge in [0.15, 0.2) is 0 Å². The van der Waals surface area contributed by atoms with E-state index in [9.17, 15) is 33.9 Å². The molecule has 4 bridgehead atoms. The molecule has 0 saturated carbocycles. The predicted octanol–water partition coefficient (Wildman–Crippen LogP) is 6.37. The Bertz CT molecular complexity index is 2300. The van der Waals surface area contributed by atoms with Gasteiger partial charge in [0.05, 0.1) is 82.5 Å². The number of nitrogens with zero attached hydrogens (tertiary/aromatic N) is 3. The van der Waals surface area contributed by atoms with Crippen LogP contribution < -0.4 is 10.2 Å². The monoisotopic (exact) mass is 1130 g/mol. The van der Waals surface area contributed by atoms with Crippen molar-refractivity contribution in [1.29, 1.82) is 0 Å². The lowest BCUT2D eigenvalue weighted by molar-refractivity contribution is -0.187. The summed E-state index contributed by atoms with van der Waals surface area (Å²) in [5.41, 5.74) is 0.251. The largest absolute Gasteiger partial charge is 0.462 e. The van der Waals surface area contributed by atoms with Gasteiger partial charge in [0.1, 0.15) is 41.7 Å². The number of carbonyl (C=O) groups excluding carboxylic acids is 6. The van der Waals surface area contributed by atoms with Crippen molar-refractivity contribution >= 4 is 53.0 Å². The Labute approximate surface area is 471 Å². The van der Waals surface area contributed by atoms with Crippen LogP contribution in [0.3, 0.4) is 0 Å². The fraction of sp³-hybridized carbons (Fsp3) is 0.690. The lowest BCUT2D eigenvalue weighted by Crippen LogP contribution is -2.53. The molecule has 2 fully saturated rings. The Morgan fingerprint density at radius 3 is 2.30 bits per heavy atom. The minimum Gasteiger partial charge on any atom is -0.462 e. The smallest absolute Gasteiger partial charge is 0.409 e. The molecule has 2 N–H and O–H groups in total. The van der Waals surface area contributed by atoms with Gasteiger partial charge in [0.25, 0.3) is 0 Å². The fourth-order valence-corrected chi connectivity index (χ4v) is 10.2. The summed E-state index contributed by atoms with van der Waals surface area (Å²) < 4.78 is 51.9. The van der Waals surface area contributed by atoms with Crippen molar-refractivity contribution in [3.8, 4) is 0 Å². The molecule has 20 nitrogen and oxygen atoms in total. The maximum atomic E-state index is 14.3. The second-order valence-electron chi connectivity index (χ2n) is 21.4. The Morgan fingerprint density at radius 1 is 0.937 bits per heavy atom. The van der Waals surface area contributed by atoms with Gasteiger partial charge in [-0.2, -0.15) is 0 Å². The zero-order valence-electron chi connectivity index (χ0n) is 47.9. The number of methoxy groups -OCH3 is 1. The predicted molar refractivity (Wildman–Crippen MR) is 295 cm³/mol. The van der Waals surface area contributed by atoms with E-state index in [1.54, 1.807) is 33.2 Å². The summed E-state index contributed by atoms with van der Waals surface area (Å²) in [6.07, 6.45) is 10.8. The van der Waals surface area contributed by atoms with E-state index in [0.29, 0.717) is 69.9 Å². The van der Waals surface area contributed by atoms with E-state index >= 15 is 0 Å².